The summed E-state index contributed by atoms with van der Waals surface area (Å²) in [6.07, 6.45) is 0. The van der Waals surface area contributed by atoms with E-state index in [9.17, 15) is 4.79 Å². The molecule has 0 aliphatic heterocycles. The number of ether oxygens (including phenoxy) is 1. The molecule has 1 unspecified atom stereocenters. The number of hydrogen-bond donors (Lipinski definition) is 1. The molecule has 0 heterocycles. The molecule has 0 radical (unpaired) electrons. The van der Waals surface area contributed by atoms with Gasteiger partial charge in [-0.3, -0.25) is 4.79 Å². The second-order valence-corrected chi connectivity index (χ2v) is 5.07. The third kappa shape index (κ3) is 3.35. The zero-order chi connectivity index (χ0) is 13.8. The van der Waals surface area contributed by atoms with Crippen LogP contribution in [0.1, 0.15) is 18.4 Å². The summed E-state index contributed by atoms with van der Waals surface area (Å²) in [5.74, 6) is -0.230. The van der Waals surface area contributed by atoms with Gasteiger partial charge >= 0.3 is 5.97 Å². The maximum atomic E-state index is 11.1. The number of carboxylic acid groups (broad SMARTS) is 1. The van der Waals surface area contributed by atoms with Crippen molar-refractivity contribution in [2.24, 2.45) is 0 Å². The molecule has 0 bridgehead atoms. The molecule has 1 N–H and O–H groups in total. The van der Waals surface area contributed by atoms with Crippen LogP contribution in [0.3, 0.4) is 0 Å². The standard InChI is InChI=1S/C15H13BrO3/c1-10(15(17)18)13-4-2-3-5-14(13)19-12-8-6-11(16)7-9-12/h2-10H,1H3,(H,17,18). The Hall–Kier alpha value is -1.81. The van der Waals surface area contributed by atoms with Crippen molar-refractivity contribution < 1.29 is 14.6 Å². The molecule has 0 saturated heterocycles. The van der Waals surface area contributed by atoms with Crippen molar-refractivity contribution in [3.8, 4) is 11.5 Å². The van der Waals surface area contributed by atoms with Crippen LogP contribution in [0.15, 0.2) is 53.0 Å². The lowest BCUT2D eigenvalue weighted by Gasteiger charge is -2.13. The summed E-state index contributed by atoms with van der Waals surface area (Å²) in [6, 6.07) is 14.6. The number of halogens is 1. The zero-order valence-corrected chi connectivity index (χ0v) is 11.9. The van der Waals surface area contributed by atoms with Crippen molar-refractivity contribution in [3.63, 3.8) is 0 Å². The fraction of sp³-hybridized carbons (Fsp3) is 0.133. The topological polar surface area (TPSA) is 46.5 Å². The van der Waals surface area contributed by atoms with Crippen LogP contribution in [-0.2, 0) is 4.79 Å². The third-order valence-electron chi connectivity index (χ3n) is 2.80. The summed E-state index contributed by atoms with van der Waals surface area (Å²) >= 11 is 3.35. The number of carboxylic acids is 1. The van der Waals surface area contributed by atoms with Crippen molar-refractivity contribution in [3.05, 3.63) is 58.6 Å². The van der Waals surface area contributed by atoms with E-state index < -0.39 is 11.9 Å². The van der Waals surface area contributed by atoms with Crippen molar-refractivity contribution in [1.29, 1.82) is 0 Å². The number of benzene rings is 2. The first kappa shape index (κ1) is 13.6. The fourth-order valence-electron chi connectivity index (χ4n) is 1.69. The average Bonchev–Trinajstić information content (AvgIpc) is 2.41. The van der Waals surface area contributed by atoms with Crippen molar-refractivity contribution in [2.45, 2.75) is 12.8 Å². The van der Waals surface area contributed by atoms with Gasteiger partial charge in [-0.15, -0.1) is 0 Å². The van der Waals surface area contributed by atoms with Gasteiger partial charge in [-0.05, 0) is 37.3 Å². The summed E-state index contributed by atoms with van der Waals surface area (Å²) in [4.78, 5) is 11.1. The Kier molecular flexibility index (Phi) is 4.22. The SMILES string of the molecule is CC(C(=O)O)c1ccccc1Oc1ccc(Br)cc1. The van der Waals surface area contributed by atoms with Crippen LogP contribution in [0.4, 0.5) is 0 Å². The first-order chi connectivity index (χ1) is 9.08. The molecule has 2 aromatic carbocycles. The lowest BCUT2D eigenvalue weighted by Crippen LogP contribution is -2.08. The van der Waals surface area contributed by atoms with Gasteiger partial charge in [0.2, 0.25) is 0 Å². The van der Waals surface area contributed by atoms with E-state index in [1.165, 1.54) is 0 Å². The van der Waals surface area contributed by atoms with Crippen LogP contribution < -0.4 is 4.74 Å². The van der Waals surface area contributed by atoms with Crippen LogP contribution >= 0.6 is 15.9 Å². The Morgan fingerprint density at radius 2 is 1.79 bits per heavy atom. The van der Waals surface area contributed by atoms with Gasteiger partial charge in [0, 0.05) is 10.0 Å². The minimum atomic E-state index is -0.869. The first-order valence-corrected chi connectivity index (χ1v) is 6.62. The molecule has 98 valence electrons. The van der Waals surface area contributed by atoms with Crippen LogP contribution in [0.2, 0.25) is 0 Å². The maximum Gasteiger partial charge on any atom is 0.310 e. The Morgan fingerprint density at radius 1 is 1.16 bits per heavy atom. The number of rotatable bonds is 4. The molecule has 1 atom stereocenters. The number of para-hydroxylation sites is 1. The molecule has 0 saturated carbocycles. The predicted octanol–water partition coefficient (Wildman–Crippen LogP) is 4.43. The Morgan fingerprint density at radius 3 is 2.42 bits per heavy atom. The highest BCUT2D eigenvalue weighted by molar-refractivity contribution is 9.10. The van der Waals surface area contributed by atoms with Gasteiger partial charge in [0.05, 0.1) is 5.92 Å². The molecule has 4 heteroatoms. The lowest BCUT2D eigenvalue weighted by molar-refractivity contribution is -0.138. The molecular weight excluding hydrogens is 308 g/mol. The minimum Gasteiger partial charge on any atom is -0.481 e. The molecule has 2 rings (SSSR count). The Labute approximate surface area is 120 Å². The van der Waals surface area contributed by atoms with Crippen molar-refractivity contribution >= 4 is 21.9 Å². The molecule has 0 aromatic heterocycles. The lowest BCUT2D eigenvalue weighted by atomic mass is 10.0. The van der Waals surface area contributed by atoms with Crippen LogP contribution in [0.25, 0.3) is 0 Å². The summed E-state index contributed by atoms with van der Waals surface area (Å²) in [7, 11) is 0. The number of carbonyl (C=O) groups is 1. The van der Waals surface area contributed by atoms with E-state index in [4.69, 9.17) is 9.84 Å². The second kappa shape index (κ2) is 5.89. The first-order valence-electron chi connectivity index (χ1n) is 5.83. The monoisotopic (exact) mass is 320 g/mol. The number of hydrogen-bond acceptors (Lipinski definition) is 2. The van der Waals surface area contributed by atoms with Crippen molar-refractivity contribution in [1.82, 2.24) is 0 Å². The highest BCUT2D eigenvalue weighted by atomic mass is 79.9. The van der Waals surface area contributed by atoms with E-state index in [1.807, 2.05) is 36.4 Å². The molecule has 0 aliphatic rings. The third-order valence-corrected chi connectivity index (χ3v) is 3.33. The van der Waals surface area contributed by atoms with Gasteiger partial charge in [-0.25, -0.2) is 0 Å². The quantitative estimate of drug-likeness (QED) is 0.906. The van der Waals surface area contributed by atoms with Crippen LogP contribution in [0.5, 0.6) is 11.5 Å². The second-order valence-electron chi connectivity index (χ2n) is 4.15. The Balaban J connectivity index is 2.30. The molecule has 2 aromatic rings. The van der Waals surface area contributed by atoms with Crippen molar-refractivity contribution in [2.75, 3.05) is 0 Å². The molecule has 0 spiro atoms. The van der Waals surface area contributed by atoms with E-state index in [-0.39, 0.29) is 0 Å². The molecular formula is C15H13BrO3. The zero-order valence-electron chi connectivity index (χ0n) is 10.3. The van der Waals surface area contributed by atoms with Gasteiger partial charge in [0.15, 0.2) is 0 Å². The summed E-state index contributed by atoms with van der Waals surface area (Å²) < 4.78 is 6.72. The van der Waals surface area contributed by atoms with E-state index in [0.29, 0.717) is 17.1 Å². The molecule has 0 aliphatic carbocycles. The van der Waals surface area contributed by atoms with Gasteiger partial charge in [-0.1, -0.05) is 34.1 Å². The maximum absolute atomic E-state index is 11.1. The summed E-state index contributed by atoms with van der Waals surface area (Å²) in [5.41, 5.74) is 0.665. The van der Waals surface area contributed by atoms with Gasteiger partial charge in [-0.2, -0.15) is 0 Å². The van der Waals surface area contributed by atoms with Crippen LogP contribution in [-0.4, -0.2) is 11.1 Å². The summed E-state index contributed by atoms with van der Waals surface area (Å²) in [5, 5.41) is 9.10. The molecule has 19 heavy (non-hydrogen) atoms. The number of aliphatic carboxylic acids is 1. The average molecular weight is 321 g/mol. The van der Waals surface area contributed by atoms with Crippen LogP contribution in [0, 0.1) is 0 Å². The van der Waals surface area contributed by atoms with Gasteiger partial charge < -0.3 is 9.84 Å². The molecule has 0 fully saturated rings. The predicted molar refractivity (Wildman–Crippen MR) is 76.7 cm³/mol. The minimum absolute atomic E-state index is 0.569. The van der Waals surface area contributed by atoms with E-state index in [1.54, 1.807) is 19.1 Å². The van der Waals surface area contributed by atoms with E-state index >= 15 is 0 Å². The fourth-order valence-corrected chi connectivity index (χ4v) is 1.96. The Bertz CT molecular complexity index is 578. The van der Waals surface area contributed by atoms with Gasteiger partial charge in [0.25, 0.3) is 0 Å². The highest BCUT2D eigenvalue weighted by Gasteiger charge is 2.18. The molecule has 0 amide bonds. The van der Waals surface area contributed by atoms with Gasteiger partial charge in [0.1, 0.15) is 11.5 Å². The van der Waals surface area contributed by atoms with E-state index in [0.717, 1.165) is 4.47 Å². The highest BCUT2D eigenvalue weighted by Crippen LogP contribution is 2.31. The summed E-state index contributed by atoms with van der Waals surface area (Å²) in [6.45, 7) is 1.64. The molecule has 3 nitrogen and oxygen atoms in total. The largest absolute Gasteiger partial charge is 0.481 e. The normalized spacial score (nSPS) is 11.9. The van der Waals surface area contributed by atoms with E-state index in [2.05, 4.69) is 15.9 Å². The smallest absolute Gasteiger partial charge is 0.310 e.